The van der Waals surface area contributed by atoms with Crippen molar-refractivity contribution in [1.29, 1.82) is 0 Å². The molecular formula is C10H8BrIO2. The predicted octanol–water partition coefficient (Wildman–Crippen LogP) is 3.46. The molecule has 0 aliphatic carbocycles. The summed E-state index contributed by atoms with van der Waals surface area (Å²) in [5.41, 5.74) is 2.00. The summed E-state index contributed by atoms with van der Waals surface area (Å²) in [6, 6.07) is 3.86. The van der Waals surface area contributed by atoms with Gasteiger partial charge in [0, 0.05) is 14.1 Å². The Hall–Kier alpha value is -0.360. The van der Waals surface area contributed by atoms with Gasteiger partial charge in [0.05, 0.1) is 0 Å². The van der Waals surface area contributed by atoms with Crippen LogP contribution in [-0.4, -0.2) is 11.1 Å². The predicted molar refractivity (Wildman–Crippen MR) is 68.3 cm³/mol. The first-order chi connectivity index (χ1) is 6.50. The number of aryl methyl sites for hydroxylation is 1. The second-order valence-electron chi connectivity index (χ2n) is 2.81. The van der Waals surface area contributed by atoms with Crippen LogP contribution in [-0.2, 0) is 4.79 Å². The quantitative estimate of drug-likeness (QED) is 0.642. The second-order valence-corrected chi connectivity index (χ2v) is 4.76. The topological polar surface area (TPSA) is 37.3 Å². The van der Waals surface area contributed by atoms with Crippen LogP contribution in [0.5, 0.6) is 0 Å². The van der Waals surface area contributed by atoms with E-state index >= 15 is 0 Å². The van der Waals surface area contributed by atoms with Crippen LogP contribution in [0.1, 0.15) is 11.1 Å². The van der Waals surface area contributed by atoms with E-state index in [-0.39, 0.29) is 0 Å². The number of carbonyl (C=O) groups is 1. The van der Waals surface area contributed by atoms with Crippen molar-refractivity contribution in [3.05, 3.63) is 37.4 Å². The summed E-state index contributed by atoms with van der Waals surface area (Å²) in [5.74, 6) is -0.930. The summed E-state index contributed by atoms with van der Waals surface area (Å²) in [5, 5.41) is 8.47. The summed E-state index contributed by atoms with van der Waals surface area (Å²) in [6.07, 6.45) is 2.72. The largest absolute Gasteiger partial charge is 0.478 e. The first kappa shape index (κ1) is 11.7. The van der Waals surface area contributed by atoms with Gasteiger partial charge < -0.3 is 5.11 Å². The van der Waals surface area contributed by atoms with Gasteiger partial charge in [0.15, 0.2) is 0 Å². The molecule has 74 valence electrons. The van der Waals surface area contributed by atoms with E-state index in [0.29, 0.717) is 0 Å². The van der Waals surface area contributed by atoms with Gasteiger partial charge in [-0.2, -0.15) is 0 Å². The third kappa shape index (κ3) is 3.09. The van der Waals surface area contributed by atoms with Crippen molar-refractivity contribution in [2.45, 2.75) is 6.92 Å². The SMILES string of the molecule is Cc1cc(/C=C/C(=O)O)cc(I)c1Br. The summed E-state index contributed by atoms with van der Waals surface area (Å²) >= 11 is 5.65. The molecule has 0 amide bonds. The molecule has 0 aliphatic heterocycles. The number of hydrogen-bond acceptors (Lipinski definition) is 1. The maximum Gasteiger partial charge on any atom is 0.328 e. The van der Waals surface area contributed by atoms with Crippen molar-refractivity contribution in [2.24, 2.45) is 0 Å². The van der Waals surface area contributed by atoms with E-state index in [1.54, 1.807) is 6.08 Å². The third-order valence-corrected chi connectivity index (χ3v) is 4.30. The highest BCUT2D eigenvalue weighted by Crippen LogP contribution is 2.25. The molecule has 1 rings (SSSR count). The molecule has 0 unspecified atom stereocenters. The lowest BCUT2D eigenvalue weighted by Crippen LogP contribution is -1.87. The third-order valence-electron chi connectivity index (χ3n) is 1.65. The van der Waals surface area contributed by atoms with Gasteiger partial charge in [-0.3, -0.25) is 0 Å². The number of aliphatic carboxylic acids is 1. The van der Waals surface area contributed by atoms with Gasteiger partial charge in [0.25, 0.3) is 0 Å². The van der Waals surface area contributed by atoms with Gasteiger partial charge in [0.2, 0.25) is 0 Å². The minimum atomic E-state index is -0.930. The first-order valence-electron chi connectivity index (χ1n) is 3.87. The lowest BCUT2D eigenvalue weighted by atomic mass is 10.1. The monoisotopic (exact) mass is 366 g/mol. The summed E-state index contributed by atoms with van der Waals surface area (Å²) < 4.78 is 2.14. The zero-order valence-corrected chi connectivity index (χ0v) is 11.2. The number of carboxylic acids is 1. The Kier molecular flexibility index (Phi) is 4.12. The number of halogens is 2. The van der Waals surface area contributed by atoms with Crippen LogP contribution in [0.3, 0.4) is 0 Å². The summed E-state index contributed by atoms with van der Waals surface area (Å²) in [7, 11) is 0. The molecule has 0 saturated carbocycles. The fourth-order valence-electron chi connectivity index (χ4n) is 1.02. The Morgan fingerprint density at radius 1 is 1.57 bits per heavy atom. The van der Waals surface area contributed by atoms with Crippen molar-refractivity contribution in [1.82, 2.24) is 0 Å². The van der Waals surface area contributed by atoms with Crippen molar-refractivity contribution >= 4 is 50.6 Å². The van der Waals surface area contributed by atoms with Crippen LogP contribution >= 0.6 is 38.5 Å². The molecule has 2 nitrogen and oxygen atoms in total. The van der Waals surface area contributed by atoms with E-state index in [1.807, 2.05) is 19.1 Å². The lowest BCUT2D eigenvalue weighted by molar-refractivity contribution is -0.131. The van der Waals surface area contributed by atoms with E-state index in [0.717, 1.165) is 25.2 Å². The molecule has 1 aromatic carbocycles. The average Bonchev–Trinajstić information content (AvgIpc) is 2.10. The minimum absolute atomic E-state index is 0.900. The van der Waals surface area contributed by atoms with Crippen LogP contribution in [0.2, 0.25) is 0 Å². The van der Waals surface area contributed by atoms with Gasteiger partial charge in [-0.25, -0.2) is 4.79 Å². The Bertz CT molecular complexity index is 376. The number of rotatable bonds is 2. The number of benzene rings is 1. The van der Waals surface area contributed by atoms with Gasteiger partial charge in [-0.15, -0.1) is 0 Å². The van der Waals surface area contributed by atoms with Crippen molar-refractivity contribution in [2.75, 3.05) is 0 Å². The van der Waals surface area contributed by atoms with Gasteiger partial charge in [-0.1, -0.05) is 6.07 Å². The lowest BCUT2D eigenvalue weighted by Gasteiger charge is -2.02. The molecule has 0 spiro atoms. The zero-order chi connectivity index (χ0) is 10.7. The minimum Gasteiger partial charge on any atom is -0.478 e. The number of carboxylic acid groups (broad SMARTS) is 1. The van der Waals surface area contributed by atoms with Crippen LogP contribution < -0.4 is 0 Å². The Morgan fingerprint density at radius 3 is 2.71 bits per heavy atom. The molecule has 0 atom stereocenters. The molecule has 0 radical (unpaired) electrons. The van der Waals surface area contributed by atoms with E-state index in [9.17, 15) is 4.79 Å². The van der Waals surface area contributed by atoms with Crippen LogP contribution in [0.15, 0.2) is 22.7 Å². The number of hydrogen-bond donors (Lipinski definition) is 1. The Labute approximate surface area is 104 Å². The van der Waals surface area contributed by atoms with Gasteiger partial charge in [-0.05, 0) is 68.7 Å². The second kappa shape index (κ2) is 4.93. The highest BCUT2D eigenvalue weighted by Gasteiger charge is 2.01. The molecule has 0 heterocycles. The van der Waals surface area contributed by atoms with Crippen molar-refractivity contribution < 1.29 is 9.90 Å². The van der Waals surface area contributed by atoms with Gasteiger partial charge >= 0.3 is 5.97 Å². The van der Waals surface area contributed by atoms with E-state index < -0.39 is 5.97 Å². The molecular weight excluding hydrogens is 359 g/mol. The van der Waals surface area contributed by atoms with E-state index in [2.05, 4.69) is 38.5 Å². The highest BCUT2D eigenvalue weighted by atomic mass is 127. The molecule has 0 bridgehead atoms. The summed E-state index contributed by atoms with van der Waals surface area (Å²) in [6.45, 7) is 1.98. The molecule has 0 saturated heterocycles. The van der Waals surface area contributed by atoms with Crippen LogP contribution in [0.25, 0.3) is 6.08 Å². The van der Waals surface area contributed by atoms with Crippen LogP contribution in [0, 0.1) is 10.5 Å². The maximum atomic E-state index is 10.3. The maximum absolute atomic E-state index is 10.3. The molecule has 1 aromatic rings. The highest BCUT2D eigenvalue weighted by molar-refractivity contribution is 14.1. The zero-order valence-electron chi connectivity index (χ0n) is 7.42. The van der Waals surface area contributed by atoms with Crippen molar-refractivity contribution in [3.8, 4) is 0 Å². The molecule has 4 heteroatoms. The molecule has 1 N–H and O–H groups in total. The molecule has 0 fully saturated rings. The summed E-state index contributed by atoms with van der Waals surface area (Å²) in [4.78, 5) is 10.3. The van der Waals surface area contributed by atoms with E-state index in [4.69, 9.17) is 5.11 Å². The Balaban J connectivity index is 3.07. The molecule has 0 aromatic heterocycles. The van der Waals surface area contributed by atoms with E-state index in [1.165, 1.54) is 0 Å². The van der Waals surface area contributed by atoms with Gasteiger partial charge in [0.1, 0.15) is 0 Å². The molecule has 0 aliphatic rings. The standard InChI is InChI=1S/C10H8BrIO2/c1-6-4-7(2-3-9(13)14)5-8(12)10(6)11/h2-5H,1H3,(H,13,14)/b3-2+. The first-order valence-corrected chi connectivity index (χ1v) is 5.74. The average molecular weight is 367 g/mol. The smallest absolute Gasteiger partial charge is 0.328 e. The Morgan fingerprint density at radius 2 is 2.21 bits per heavy atom. The molecule has 14 heavy (non-hydrogen) atoms. The van der Waals surface area contributed by atoms with Crippen LogP contribution in [0.4, 0.5) is 0 Å². The fourth-order valence-corrected chi connectivity index (χ4v) is 2.03. The normalized spacial score (nSPS) is 10.8. The van der Waals surface area contributed by atoms with Crippen molar-refractivity contribution in [3.63, 3.8) is 0 Å². The fraction of sp³-hybridized carbons (Fsp3) is 0.100.